The van der Waals surface area contributed by atoms with Crippen LogP contribution in [0.25, 0.3) is 0 Å². The highest BCUT2D eigenvalue weighted by molar-refractivity contribution is 5.68. The third-order valence-electron chi connectivity index (χ3n) is 4.11. The Bertz CT molecular complexity index is 756. The van der Waals surface area contributed by atoms with E-state index >= 15 is 0 Å². The Hall–Kier alpha value is -2.56. The molecule has 0 radical (unpaired) electrons. The standard InChI is InChI=1S/C18H21FN4/c1-10(2)13-7-12(4-5-15(13)19)23-18-14-8-16(20)11(3)6-17(14)21-9-22-18/h4-10,17,23H,20H2,1-3H3,(H,21,22). The molecular formula is C18H21FN4. The van der Waals surface area contributed by atoms with E-state index in [1.54, 1.807) is 12.4 Å². The first-order valence-electron chi connectivity index (χ1n) is 7.70. The van der Waals surface area contributed by atoms with Gasteiger partial charge in [0.25, 0.3) is 0 Å². The summed E-state index contributed by atoms with van der Waals surface area (Å²) >= 11 is 0. The Morgan fingerprint density at radius 1 is 1.35 bits per heavy atom. The molecule has 2 aliphatic rings. The lowest BCUT2D eigenvalue weighted by Gasteiger charge is -2.26. The Labute approximate surface area is 135 Å². The van der Waals surface area contributed by atoms with Crippen LogP contribution in [0.5, 0.6) is 0 Å². The fourth-order valence-corrected chi connectivity index (χ4v) is 2.71. The zero-order valence-electron chi connectivity index (χ0n) is 13.5. The number of halogens is 1. The number of benzene rings is 1. The summed E-state index contributed by atoms with van der Waals surface area (Å²) in [5.41, 5.74) is 10.3. The molecule has 1 heterocycles. The predicted octanol–water partition coefficient (Wildman–Crippen LogP) is 3.38. The molecule has 0 spiro atoms. The average Bonchev–Trinajstić information content (AvgIpc) is 2.51. The van der Waals surface area contributed by atoms with Crippen molar-refractivity contribution in [2.24, 2.45) is 10.7 Å². The molecule has 1 aliphatic heterocycles. The molecule has 1 aromatic rings. The predicted molar refractivity (Wildman–Crippen MR) is 92.6 cm³/mol. The van der Waals surface area contributed by atoms with Gasteiger partial charge >= 0.3 is 0 Å². The van der Waals surface area contributed by atoms with E-state index in [4.69, 9.17) is 5.73 Å². The molecule has 5 heteroatoms. The minimum atomic E-state index is -0.181. The van der Waals surface area contributed by atoms with Crippen LogP contribution < -0.4 is 16.4 Å². The first-order valence-corrected chi connectivity index (χ1v) is 7.70. The number of nitrogens with one attached hydrogen (secondary N) is 2. The quantitative estimate of drug-likeness (QED) is 0.802. The summed E-state index contributed by atoms with van der Waals surface area (Å²) in [5.74, 6) is 0.761. The number of hydrogen-bond donors (Lipinski definition) is 3. The van der Waals surface area contributed by atoms with E-state index in [1.807, 2.05) is 39.0 Å². The van der Waals surface area contributed by atoms with Gasteiger partial charge in [-0.1, -0.05) is 19.9 Å². The molecule has 0 amide bonds. The summed E-state index contributed by atoms with van der Waals surface area (Å²) in [5, 5.41) is 6.44. The summed E-state index contributed by atoms with van der Waals surface area (Å²) < 4.78 is 13.9. The van der Waals surface area contributed by atoms with Gasteiger partial charge in [-0.25, -0.2) is 4.39 Å². The Morgan fingerprint density at radius 2 is 2.13 bits per heavy atom. The molecule has 1 atom stereocenters. The second-order valence-electron chi connectivity index (χ2n) is 6.16. The highest BCUT2D eigenvalue weighted by atomic mass is 19.1. The molecule has 1 aliphatic carbocycles. The lowest BCUT2D eigenvalue weighted by atomic mass is 9.95. The largest absolute Gasteiger partial charge is 0.399 e. The maximum atomic E-state index is 13.9. The zero-order valence-corrected chi connectivity index (χ0v) is 13.5. The van der Waals surface area contributed by atoms with Crippen LogP contribution in [0.15, 0.2) is 58.0 Å². The van der Waals surface area contributed by atoms with Gasteiger partial charge in [0.2, 0.25) is 0 Å². The summed E-state index contributed by atoms with van der Waals surface area (Å²) in [6.07, 6.45) is 5.63. The number of allylic oxidation sites excluding steroid dienone is 1. The van der Waals surface area contributed by atoms with Gasteiger partial charge in [0.1, 0.15) is 11.6 Å². The van der Waals surface area contributed by atoms with Crippen LogP contribution in [-0.4, -0.2) is 12.4 Å². The third kappa shape index (κ3) is 2.99. The number of anilines is 1. The zero-order chi connectivity index (χ0) is 16.6. The van der Waals surface area contributed by atoms with Crippen molar-refractivity contribution in [3.05, 3.63) is 64.4 Å². The molecule has 4 N–H and O–H groups in total. The number of nitrogens with two attached hydrogens (primary N) is 1. The number of aliphatic imine (C=N–C) groups is 1. The first kappa shape index (κ1) is 15.3. The van der Waals surface area contributed by atoms with Gasteiger partial charge in [-0.3, -0.25) is 4.99 Å². The molecule has 0 saturated carbocycles. The summed E-state index contributed by atoms with van der Waals surface area (Å²) in [6.45, 7) is 5.93. The van der Waals surface area contributed by atoms with Crippen molar-refractivity contribution in [3.8, 4) is 0 Å². The fourth-order valence-electron chi connectivity index (χ4n) is 2.71. The highest BCUT2D eigenvalue weighted by Gasteiger charge is 2.22. The molecule has 120 valence electrons. The fraction of sp³-hybridized carbons (Fsp3) is 0.278. The SMILES string of the molecule is CC1=CC2N=CNC(Nc3ccc(F)c(C(C)C)c3)=C2C=C1N. The van der Waals surface area contributed by atoms with Crippen molar-refractivity contribution in [1.82, 2.24) is 5.32 Å². The molecular weight excluding hydrogens is 291 g/mol. The lowest BCUT2D eigenvalue weighted by Crippen LogP contribution is -2.30. The molecule has 1 aromatic carbocycles. The highest BCUT2D eigenvalue weighted by Crippen LogP contribution is 2.28. The van der Waals surface area contributed by atoms with Crippen molar-refractivity contribution >= 4 is 12.0 Å². The van der Waals surface area contributed by atoms with Crippen LogP contribution in [0, 0.1) is 5.82 Å². The molecule has 0 saturated heterocycles. The molecule has 0 aromatic heterocycles. The second kappa shape index (κ2) is 5.91. The van der Waals surface area contributed by atoms with Gasteiger partial charge in [-0.15, -0.1) is 0 Å². The van der Waals surface area contributed by atoms with E-state index in [-0.39, 0.29) is 17.8 Å². The van der Waals surface area contributed by atoms with Crippen molar-refractivity contribution in [3.63, 3.8) is 0 Å². The molecule has 0 bridgehead atoms. The molecule has 4 nitrogen and oxygen atoms in total. The van der Waals surface area contributed by atoms with E-state index in [0.717, 1.165) is 28.4 Å². The van der Waals surface area contributed by atoms with Gasteiger partial charge in [-0.2, -0.15) is 0 Å². The molecule has 23 heavy (non-hydrogen) atoms. The summed E-state index contributed by atoms with van der Waals surface area (Å²) in [6, 6.07) is 5.02. The third-order valence-corrected chi connectivity index (χ3v) is 4.11. The van der Waals surface area contributed by atoms with Crippen LogP contribution in [-0.2, 0) is 0 Å². The smallest absolute Gasteiger partial charge is 0.126 e. The van der Waals surface area contributed by atoms with Crippen LogP contribution in [0.4, 0.5) is 10.1 Å². The molecule has 0 fully saturated rings. The Balaban J connectivity index is 1.94. The van der Waals surface area contributed by atoms with E-state index in [9.17, 15) is 4.39 Å². The molecule has 3 rings (SSSR count). The van der Waals surface area contributed by atoms with Gasteiger partial charge < -0.3 is 16.4 Å². The van der Waals surface area contributed by atoms with Gasteiger partial charge in [0, 0.05) is 17.0 Å². The lowest BCUT2D eigenvalue weighted by molar-refractivity contribution is 0.598. The number of nitrogens with zero attached hydrogens (tertiary/aromatic N) is 1. The summed E-state index contributed by atoms with van der Waals surface area (Å²) in [4.78, 5) is 4.42. The van der Waals surface area contributed by atoms with Crippen molar-refractivity contribution in [1.29, 1.82) is 0 Å². The number of hydrogen-bond acceptors (Lipinski definition) is 4. The normalized spacial score (nSPS) is 20.0. The van der Waals surface area contributed by atoms with Crippen LogP contribution in [0.2, 0.25) is 0 Å². The number of fused-ring (bicyclic) bond motifs is 1. The second-order valence-corrected chi connectivity index (χ2v) is 6.16. The average molecular weight is 312 g/mol. The van der Waals surface area contributed by atoms with Crippen LogP contribution in [0.1, 0.15) is 32.3 Å². The minimum absolute atomic E-state index is 0.0453. The van der Waals surface area contributed by atoms with Crippen molar-refractivity contribution in [2.75, 3.05) is 5.32 Å². The van der Waals surface area contributed by atoms with E-state index < -0.39 is 0 Å². The van der Waals surface area contributed by atoms with Crippen LogP contribution >= 0.6 is 0 Å². The van der Waals surface area contributed by atoms with E-state index in [2.05, 4.69) is 15.6 Å². The maximum absolute atomic E-state index is 13.9. The first-order chi connectivity index (χ1) is 11.0. The minimum Gasteiger partial charge on any atom is -0.399 e. The summed E-state index contributed by atoms with van der Waals surface area (Å²) in [7, 11) is 0. The van der Waals surface area contributed by atoms with E-state index in [1.165, 1.54) is 6.07 Å². The maximum Gasteiger partial charge on any atom is 0.126 e. The Kier molecular flexibility index (Phi) is 3.94. The van der Waals surface area contributed by atoms with E-state index in [0.29, 0.717) is 5.56 Å². The van der Waals surface area contributed by atoms with Gasteiger partial charge in [0.05, 0.1) is 12.4 Å². The van der Waals surface area contributed by atoms with Crippen LogP contribution in [0.3, 0.4) is 0 Å². The van der Waals surface area contributed by atoms with Gasteiger partial charge in [-0.05, 0) is 48.3 Å². The van der Waals surface area contributed by atoms with Crippen molar-refractivity contribution in [2.45, 2.75) is 32.7 Å². The molecule has 1 unspecified atom stereocenters. The van der Waals surface area contributed by atoms with Gasteiger partial charge in [0.15, 0.2) is 0 Å². The topological polar surface area (TPSA) is 62.4 Å². The monoisotopic (exact) mass is 312 g/mol. The van der Waals surface area contributed by atoms with Crippen molar-refractivity contribution < 1.29 is 4.39 Å². The Morgan fingerprint density at radius 3 is 2.87 bits per heavy atom. The number of rotatable bonds is 3.